The molecule has 0 aliphatic carbocycles. The number of nitrogens with two attached hydrogens (primary N) is 1. The second kappa shape index (κ2) is 6.04. The Labute approximate surface area is 124 Å². The summed E-state index contributed by atoms with van der Waals surface area (Å²) in [4.78, 5) is 0.201. The molecule has 1 aromatic heterocycles. The van der Waals surface area contributed by atoms with Crippen LogP contribution in [0.5, 0.6) is 0 Å². The highest BCUT2D eigenvalue weighted by molar-refractivity contribution is 9.10. The molecular formula is C12H13BrN2O2S2. The standard InChI is InChI=1S/C12H13BrN2O2S2/c13-11-7-10(14)1-2-12(11)19(16,17)15-5-3-9-4-6-18-8-9/h1-2,4,6-8,15H,3,5,14H2. The van der Waals surface area contributed by atoms with Gasteiger partial charge in [-0.3, -0.25) is 0 Å². The molecule has 4 nitrogen and oxygen atoms in total. The summed E-state index contributed by atoms with van der Waals surface area (Å²) < 4.78 is 27.3. The number of sulfonamides is 1. The summed E-state index contributed by atoms with van der Waals surface area (Å²) >= 11 is 4.82. The lowest BCUT2D eigenvalue weighted by Crippen LogP contribution is -2.26. The van der Waals surface area contributed by atoms with Crippen LogP contribution >= 0.6 is 27.3 Å². The van der Waals surface area contributed by atoms with Crippen molar-refractivity contribution in [2.75, 3.05) is 12.3 Å². The van der Waals surface area contributed by atoms with Crippen LogP contribution in [0.15, 0.2) is 44.4 Å². The molecule has 102 valence electrons. The van der Waals surface area contributed by atoms with Crippen molar-refractivity contribution < 1.29 is 8.42 Å². The zero-order valence-corrected chi connectivity index (χ0v) is 13.2. The minimum Gasteiger partial charge on any atom is -0.399 e. The third-order valence-electron chi connectivity index (χ3n) is 2.53. The molecule has 0 radical (unpaired) electrons. The van der Waals surface area contributed by atoms with Crippen molar-refractivity contribution in [3.05, 3.63) is 45.1 Å². The van der Waals surface area contributed by atoms with Gasteiger partial charge in [0.15, 0.2) is 0 Å². The smallest absolute Gasteiger partial charge is 0.241 e. The highest BCUT2D eigenvalue weighted by atomic mass is 79.9. The van der Waals surface area contributed by atoms with Crippen LogP contribution in [0.2, 0.25) is 0 Å². The Morgan fingerprint density at radius 1 is 1.32 bits per heavy atom. The molecule has 0 saturated carbocycles. The van der Waals surface area contributed by atoms with Crippen LogP contribution in [0.25, 0.3) is 0 Å². The van der Waals surface area contributed by atoms with Crippen molar-refractivity contribution in [1.29, 1.82) is 0 Å². The van der Waals surface area contributed by atoms with E-state index in [2.05, 4.69) is 20.7 Å². The molecule has 0 atom stereocenters. The van der Waals surface area contributed by atoms with Crippen molar-refractivity contribution in [2.45, 2.75) is 11.3 Å². The summed E-state index contributed by atoms with van der Waals surface area (Å²) in [5, 5.41) is 3.98. The quantitative estimate of drug-likeness (QED) is 0.805. The predicted molar refractivity (Wildman–Crippen MR) is 81.8 cm³/mol. The fourth-order valence-corrected chi connectivity index (χ4v) is 4.41. The van der Waals surface area contributed by atoms with Gasteiger partial charge in [0.25, 0.3) is 0 Å². The Hall–Kier alpha value is -0.890. The first-order valence-corrected chi connectivity index (χ1v) is 8.77. The Morgan fingerprint density at radius 3 is 2.74 bits per heavy atom. The van der Waals surface area contributed by atoms with Crippen molar-refractivity contribution in [1.82, 2.24) is 4.72 Å². The third kappa shape index (κ3) is 3.79. The van der Waals surface area contributed by atoms with E-state index in [1.807, 2.05) is 16.8 Å². The molecular weight excluding hydrogens is 348 g/mol. The van der Waals surface area contributed by atoms with E-state index in [-0.39, 0.29) is 4.90 Å². The maximum Gasteiger partial charge on any atom is 0.241 e. The van der Waals surface area contributed by atoms with Crippen LogP contribution < -0.4 is 10.5 Å². The van der Waals surface area contributed by atoms with Gasteiger partial charge in [0.2, 0.25) is 10.0 Å². The molecule has 0 aliphatic heterocycles. The number of benzene rings is 1. The van der Waals surface area contributed by atoms with E-state index in [9.17, 15) is 8.42 Å². The number of rotatable bonds is 5. The SMILES string of the molecule is Nc1ccc(S(=O)(=O)NCCc2ccsc2)c(Br)c1. The summed E-state index contributed by atoms with van der Waals surface area (Å²) in [5.74, 6) is 0. The lowest BCUT2D eigenvalue weighted by atomic mass is 10.2. The fourth-order valence-electron chi connectivity index (χ4n) is 1.58. The molecule has 7 heteroatoms. The maximum absolute atomic E-state index is 12.1. The lowest BCUT2D eigenvalue weighted by Gasteiger charge is -2.08. The monoisotopic (exact) mass is 360 g/mol. The van der Waals surface area contributed by atoms with E-state index in [0.717, 1.165) is 5.56 Å². The van der Waals surface area contributed by atoms with Gasteiger partial charge in [-0.05, 0) is 62.9 Å². The number of thiophene rings is 1. The Morgan fingerprint density at radius 2 is 2.11 bits per heavy atom. The normalized spacial score (nSPS) is 11.6. The number of hydrogen-bond donors (Lipinski definition) is 2. The largest absolute Gasteiger partial charge is 0.399 e. The third-order valence-corrected chi connectivity index (χ3v) is 5.70. The number of nitrogens with one attached hydrogen (secondary N) is 1. The van der Waals surface area contributed by atoms with E-state index in [1.54, 1.807) is 23.5 Å². The first-order chi connectivity index (χ1) is 8.99. The number of nitrogen functional groups attached to an aromatic ring is 1. The summed E-state index contributed by atoms with van der Waals surface area (Å²) in [6.07, 6.45) is 0.676. The van der Waals surface area contributed by atoms with Gasteiger partial charge in [-0.2, -0.15) is 11.3 Å². The Bertz CT molecular complexity index is 654. The van der Waals surface area contributed by atoms with Crippen molar-refractivity contribution >= 4 is 43.0 Å². The van der Waals surface area contributed by atoms with Gasteiger partial charge in [-0.25, -0.2) is 13.1 Å². The Balaban J connectivity index is 2.05. The lowest BCUT2D eigenvalue weighted by molar-refractivity contribution is 0.581. The minimum absolute atomic E-state index is 0.201. The number of hydrogen-bond acceptors (Lipinski definition) is 4. The average molecular weight is 361 g/mol. The highest BCUT2D eigenvalue weighted by Crippen LogP contribution is 2.24. The van der Waals surface area contributed by atoms with E-state index in [4.69, 9.17) is 5.73 Å². The molecule has 0 bridgehead atoms. The highest BCUT2D eigenvalue weighted by Gasteiger charge is 2.16. The van der Waals surface area contributed by atoms with Gasteiger partial charge in [-0.1, -0.05) is 0 Å². The van der Waals surface area contributed by atoms with Crippen molar-refractivity contribution in [3.63, 3.8) is 0 Å². The summed E-state index contributed by atoms with van der Waals surface area (Å²) in [6.45, 7) is 0.371. The molecule has 0 unspecified atom stereocenters. The molecule has 0 spiro atoms. The van der Waals surface area contributed by atoms with Gasteiger partial charge in [0.05, 0.1) is 4.90 Å². The minimum atomic E-state index is -3.51. The molecule has 19 heavy (non-hydrogen) atoms. The predicted octanol–water partition coefficient (Wildman–Crippen LogP) is 2.61. The fraction of sp³-hybridized carbons (Fsp3) is 0.167. The Kier molecular flexibility index (Phi) is 4.62. The van der Waals surface area contributed by atoms with Crippen molar-refractivity contribution in [3.8, 4) is 0 Å². The number of anilines is 1. The van der Waals surface area contributed by atoms with Crippen LogP contribution in [0.3, 0.4) is 0 Å². The second-order valence-corrected chi connectivity index (χ2v) is 7.34. The zero-order valence-electron chi connectivity index (χ0n) is 9.97. The van der Waals surface area contributed by atoms with Crippen LogP contribution in [0.1, 0.15) is 5.56 Å². The second-order valence-electron chi connectivity index (χ2n) is 3.97. The molecule has 0 amide bonds. The summed E-state index contributed by atoms with van der Waals surface area (Å²) in [5.41, 5.74) is 7.24. The van der Waals surface area contributed by atoms with Crippen LogP contribution in [-0.2, 0) is 16.4 Å². The van der Waals surface area contributed by atoms with Gasteiger partial charge < -0.3 is 5.73 Å². The van der Waals surface area contributed by atoms with E-state index < -0.39 is 10.0 Å². The summed E-state index contributed by atoms with van der Waals surface area (Å²) in [7, 11) is -3.51. The molecule has 0 fully saturated rings. The van der Waals surface area contributed by atoms with E-state index in [1.165, 1.54) is 6.07 Å². The molecule has 2 aromatic rings. The molecule has 2 rings (SSSR count). The van der Waals surface area contributed by atoms with Crippen LogP contribution in [-0.4, -0.2) is 15.0 Å². The maximum atomic E-state index is 12.1. The van der Waals surface area contributed by atoms with E-state index in [0.29, 0.717) is 23.1 Å². The van der Waals surface area contributed by atoms with Gasteiger partial charge in [0.1, 0.15) is 0 Å². The van der Waals surface area contributed by atoms with Gasteiger partial charge in [0, 0.05) is 16.7 Å². The van der Waals surface area contributed by atoms with Gasteiger partial charge in [-0.15, -0.1) is 0 Å². The molecule has 1 aromatic carbocycles. The first kappa shape index (κ1) is 14.5. The van der Waals surface area contributed by atoms with Crippen LogP contribution in [0.4, 0.5) is 5.69 Å². The first-order valence-electron chi connectivity index (χ1n) is 5.55. The topological polar surface area (TPSA) is 72.2 Å². The van der Waals surface area contributed by atoms with E-state index >= 15 is 0 Å². The molecule has 0 saturated heterocycles. The zero-order chi connectivity index (χ0) is 13.9. The average Bonchev–Trinajstić information content (AvgIpc) is 2.81. The molecule has 0 aliphatic rings. The molecule has 1 heterocycles. The van der Waals surface area contributed by atoms with Gasteiger partial charge >= 0.3 is 0 Å². The van der Waals surface area contributed by atoms with Crippen molar-refractivity contribution in [2.24, 2.45) is 0 Å². The van der Waals surface area contributed by atoms with Crippen LogP contribution in [0, 0.1) is 0 Å². The number of halogens is 1. The summed E-state index contributed by atoms with van der Waals surface area (Å²) in [6, 6.07) is 6.62. The molecule has 3 N–H and O–H groups in total.